The van der Waals surface area contributed by atoms with E-state index in [-0.39, 0.29) is 4.90 Å². The SMILES string of the molecule is Cc1ccc(S(=O)(=O)/N=c2/cc(-c3ccccc3)oc3ccccc23)cc1. The van der Waals surface area contributed by atoms with Crippen LogP contribution >= 0.6 is 0 Å². The number of fused-ring (bicyclic) bond motifs is 1. The number of para-hydroxylation sites is 1. The molecule has 0 amide bonds. The summed E-state index contributed by atoms with van der Waals surface area (Å²) in [7, 11) is -3.84. The van der Waals surface area contributed by atoms with E-state index >= 15 is 0 Å². The zero-order valence-corrected chi connectivity index (χ0v) is 15.5. The third-order valence-corrected chi connectivity index (χ3v) is 5.55. The van der Waals surface area contributed by atoms with E-state index in [1.54, 1.807) is 42.5 Å². The molecule has 0 aliphatic heterocycles. The van der Waals surface area contributed by atoms with Gasteiger partial charge in [-0.05, 0) is 31.2 Å². The Morgan fingerprint density at radius 1 is 0.815 bits per heavy atom. The van der Waals surface area contributed by atoms with Crippen molar-refractivity contribution in [3.8, 4) is 11.3 Å². The molecular weight excluding hydrogens is 358 g/mol. The molecule has 0 saturated carbocycles. The molecule has 134 valence electrons. The molecule has 4 nitrogen and oxygen atoms in total. The molecule has 5 heteroatoms. The number of aryl methyl sites for hydroxylation is 1. The molecule has 0 N–H and O–H groups in total. The lowest BCUT2D eigenvalue weighted by Crippen LogP contribution is -2.09. The molecule has 0 saturated heterocycles. The zero-order chi connectivity index (χ0) is 18.9. The highest BCUT2D eigenvalue weighted by molar-refractivity contribution is 7.90. The van der Waals surface area contributed by atoms with Crippen molar-refractivity contribution in [1.82, 2.24) is 0 Å². The van der Waals surface area contributed by atoms with E-state index in [1.807, 2.05) is 49.4 Å². The standard InChI is InChI=1S/C22H17NO3S/c1-16-11-13-18(14-12-16)27(24,25)23-20-15-22(17-7-3-2-4-8-17)26-21-10-6-5-9-19(20)21/h2-15H,1H3/b23-20-. The number of hydrogen-bond acceptors (Lipinski definition) is 3. The second-order valence-corrected chi connectivity index (χ2v) is 7.84. The Morgan fingerprint density at radius 2 is 1.48 bits per heavy atom. The summed E-state index contributed by atoms with van der Waals surface area (Å²) in [6.07, 6.45) is 0. The van der Waals surface area contributed by atoms with Gasteiger partial charge in [0.25, 0.3) is 10.0 Å². The van der Waals surface area contributed by atoms with Gasteiger partial charge in [-0.2, -0.15) is 12.8 Å². The molecule has 0 aliphatic rings. The van der Waals surface area contributed by atoms with Crippen LogP contribution in [0.25, 0.3) is 22.3 Å². The lowest BCUT2D eigenvalue weighted by Gasteiger charge is -2.05. The van der Waals surface area contributed by atoms with Gasteiger partial charge in [0.2, 0.25) is 0 Å². The van der Waals surface area contributed by atoms with Gasteiger partial charge in [-0.1, -0.05) is 60.2 Å². The second kappa shape index (κ2) is 6.85. The molecule has 4 rings (SSSR count). The number of hydrogen-bond donors (Lipinski definition) is 0. The van der Waals surface area contributed by atoms with E-state index in [9.17, 15) is 8.42 Å². The van der Waals surface area contributed by atoms with Gasteiger partial charge in [0.15, 0.2) is 0 Å². The summed E-state index contributed by atoms with van der Waals surface area (Å²) in [5.74, 6) is 0.562. The number of rotatable bonds is 3. The fourth-order valence-electron chi connectivity index (χ4n) is 2.83. The smallest absolute Gasteiger partial charge is 0.282 e. The topological polar surface area (TPSA) is 59.6 Å². The maximum atomic E-state index is 12.8. The van der Waals surface area contributed by atoms with Gasteiger partial charge in [0.05, 0.1) is 10.3 Å². The number of nitrogens with zero attached hydrogens (tertiary/aromatic N) is 1. The molecule has 27 heavy (non-hydrogen) atoms. The Hall–Kier alpha value is -3.18. The van der Waals surface area contributed by atoms with Crippen molar-refractivity contribution in [2.24, 2.45) is 4.40 Å². The van der Waals surface area contributed by atoms with E-state index in [0.29, 0.717) is 22.1 Å². The number of benzene rings is 3. The molecule has 0 radical (unpaired) electrons. The van der Waals surface area contributed by atoms with E-state index in [4.69, 9.17) is 4.42 Å². The predicted octanol–water partition coefficient (Wildman–Crippen LogP) is 4.70. The minimum atomic E-state index is -3.84. The van der Waals surface area contributed by atoms with Crippen molar-refractivity contribution in [2.75, 3.05) is 0 Å². The van der Waals surface area contributed by atoms with Gasteiger partial charge < -0.3 is 4.42 Å². The molecule has 0 atom stereocenters. The number of sulfonamides is 1. The van der Waals surface area contributed by atoms with E-state index < -0.39 is 10.0 Å². The summed E-state index contributed by atoms with van der Waals surface area (Å²) in [5, 5.41) is 1.00. The molecule has 4 aromatic rings. The maximum Gasteiger partial charge on any atom is 0.282 e. The van der Waals surface area contributed by atoms with Crippen LogP contribution in [-0.2, 0) is 10.0 Å². The van der Waals surface area contributed by atoms with E-state index in [0.717, 1.165) is 11.1 Å². The second-order valence-electron chi connectivity index (χ2n) is 6.24. The third kappa shape index (κ3) is 3.55. The van der Waals surface area contributed by atoms with Crippen LogP contribution in [0.3, 0.4) is 0 Å². The van der Waals surface area contributed by atoms with Crippen LogP contribution < -0.4 is 5.36 Å². The maximum absolute atomic E-state index is 12.8. The molecule has 3 aromatic carbocycles. The van der Waals surface area contributed by atoms with Crippen molar-refractivity contribution >= 4 is 21.0 Å². The molecule has 0 bridgehead atoms. The van der Waals surface area contributed by atoms with Crippen LogP contribution in [0.15, 0.2) is 98.6 Å². The Kier molecular flexibility index (Phi) is 4.38. The van der Waals surface area contributed by atoms with Crippen molar-refractivity contribution in [3.63, 3.8) is 0 Å². The van der Waals surface area contributed by atoms with Gasteiger partial charge in [-0.25, -0.2) is 0 Å². The molecule has 0 fully saturated rings. The van der Waals surface area contributed by atoms with Gasteiger partial charge >= 0.3 is 0 Å². The first-order valence-corrected chi connectivity index (χ1v) is 9.93. The Morgan fingerprint density at radius 3 is 2.22 bits per heavy atom. The van der Waals surface area contributed by atoms with Crippen LogP contribution in [0.5, 0.6) is 0 Å². The van der Waals surface area contributed by atoms with E-state index in [2.05, 4.69) is 4.40 Å². The molecule has 1 heterocycles. The highest BCUT2D eigenvalue weighted by atomic mass is 32.2. The largest absolute Gasteiger partial charge is 0.456 e. The van der Waals surface area contributed by atoms with Gasteiger partial charge in [-0.3, -0.25) is 0 Å². The Bertz CT molecular complexity index is 1270. The van der Waals surface area contributed by atoms with E-state index in [1.165, 1.54) is 0 Å². The lowest BCUT2D eigenvalue weighted by molar-refractivity contribution is 0.596. The van der Waals surface area contributed by atoms with Crippen molar-refractivity contribution in [2.45, 2.75) is 11.8 Å². The third-order valence-electron chi connectivity index (χ3n) is 4.25. The summed E-state index contributed by atoms with van der Waals surface area (Å²) in [4.78, 5) is 0.166. The highest BCUT2D eigenvalue weighted by Crippen LogP contribution is 2.22. The van der Waals surface area contributed by atoms with Crippen LogP contribution in [-0.4, -0.2) is 8.42 Å². The normalized spacial score (nSPS) is 12.4. The summed E-state index contributed by atoms with van der Waals surface area (Å²) in [6, 6.07) is 25.2. The average Bonchev–Trinajstić information content (AvgIpc) is 2.69. The quantitative estimate of drug-likeness (QED) is 0.521. The predicted molar refractivity (Wildman–Crippen MR) is 106 cm³/mol. The fourth-order valence-corrected chi connectivity index (χ4v) is 3.83. The van der Waals surface area contributed by atoms with Crippen molar-refractivity contribution in [3.05, 3.63) is 95.8 Å². The Labute approximate surface area is 157 Å². The fraction of sp³-hybridized carbons (Fsp3) is 0.0455. The Balaban J connectivity index is 1.97. The van der Waals surface area contributed by atoms with Gasteiger partial charge in [0.1, 0.15) is 11.3 Å². The molecule has 0 spiro atoms. The molecular formula is C22H17NO3S. The van der Waals surface area contributed by atoms with Crippen LogP contribution in [0.4, 0.5) is 0 Å². The lowest BCUT2D eigenvalue weighted by atomic mass is 10.1. The minimum Gasteiger partial charge on any atom is -0.456 e. The van der Waals surface area contributed by atoms with Crippen LogP contribution in [0.1, 0.15) is 5.56 Å². The summed E-state index contributed by atoms with van der Waals surface area (Å²) in [6.45, 7) is 1.91. The van der Waals surface area contributed by atoms with Crippen molar-refractivity contribution < 1.29 is 12.8 Å². The summed E-state index contributed by atoms with van der Waals surface area (Å²) in [5.41, 5.74) is 2.42. The molecule has 0 aliphatic carbocycles. The average molecular weight is 375 g/mol. The van der Waals surface area contributed by atoms with Crippen LogP contribution in [0.2, 0.25) is 0 Å². The minimum absolute atomic E-state index is 0.166. The first-order valence-electron chi connectivity index (χ1n) is 8.49. The van der Waals surface area contributed by atoms with Crippen molar-refractivity contribution in [1.29, 1.82) is 0 Å². The molecule has 0 unspecified atom stereocenters. The first kappa shape index (κ1) is 17.2. The first-order chi connectivity index (χ1) is 13.0. The van der Waals surface area contributed by atoms with Gasteiger partial charge in [0, 0.05) is 17.0 Å². The summed E-state index contributed by atoms with van der Waals surface area (Å²) < 4.78 is 35.7. The molecule has 1 aromatic heterocycles. The van der Waals surface area contributed by atoms with Crippen LogP contribution in [0, 0.1) is 6.92 Å². The monoisotopic (exact) mass is 375 g/mol. The zero-order valence-electron chi connectivity index (χ0n) is 14.7. The summed E-state index contributed by atoms with van der Waals surface area (Å²) >= 11 is 0. The van der Waals surface area contributed by atoms with Gasteiger partial charge in [-0.15, -0.1) is 0 Å². The highest BCUT2D eigenvalue weighted by Gasteiger charge is 2.13.